The van der Waals surface area contributed by atoms with Crippen LogP contribution in [0.2, 0.25) is 0 Å². The third kappa shape index (κ3) is 3.74. The molecular weight excluding hydrogens is 364 g/mol. The van der Waals surface area contributed by atoms with Gasteiger partial charge in [0.2, 0.25) is 0 Å². The summed E-state index contributed by atoms with van der Waals surface area (Å²) in [7, 11) is 0. The number of aliphatic hydroxyl groups excluding tert-OH is 1. The van der Waals surface area contributed by atoms with Crippen molar-refractivity contribution in [2.75, 3.05) is 0 Å². The zero-order valence-corrected chi connectivity index (χ0v) is 20.9. The van der Waals surface area contributed by atoms with E-state index < -0.39 is 0 Å². The van der Waals surface area contributed by atoms with Gasteiger partial charge < -0.3 is 5.11 Å². The van der Waals surface area contributed by atoms with Crippen molar-refractivity contribution in [2.45, 2.75) is 112 Å². The lowest BCUT2D eigenvalue weighted by Crippen LogP contribution is -2.52. The van der Waals surface area contributed by atoms with Gasteiger partial charge in [-0.3, -0.25) is 0 Å². The van der Waals surface area contributed by atoms with Crippen LogP contribution in [0.15, 0.2) is 12.2 Å². The molecule has 3 fully saturated rings. The zero-order chi connectivity index (χ0) is 21.7. The molecule has 1 unspecified atom stereocenters. The fraction of sp³-hybridized carbons (Fsp3) is 0.931. The Morgan fingerprint density at radius 1 is 0.967 bits per heavy atom. The number of fused-ring (bicyclic) bond motifs is 5. The van der Waals surface area contributed by atoms with E-state index in [0.29, 0.717) is 16.7 Å². The van der Waals surface area contributed by atoms with Gasteiger partial charge in [-0.2, -0.15) is 0 Å². The van der Waals surface area contributed by atoms with Crippen molar-refractivity contribution in [1.82, 2.24) is 0 Å². The quantitative estimate of drug-likeness (QED) is 0.438. The van der Waals surface area contributed by atoms with Crippen molar-refractivity contribution in [3.63, 3.8) is 0 Å². The van der Waals surface area contributed by atoms with Crippen LogP contribution in [-0.4, -0.2) is 11.2 Å². The molecule has 4 aliphatic rings. The molecule has 0 radical (unpaired) electrons. The van der Waals surface area contributed by atoms with Crippen LogP contribution in [-0.2, 0) is 0 Å². The van der Waals surface area contributed by atoms with Crippen LogP contribution in [0.3, 0.4) is 0 Å². The maximum absolute atomic E-state index is 10.2. The molecule has 10 atom stereocenters. The van der Waals surface area contributed by atoms with E-state index in [1.807, 2.05) is 0 Å². The Kier molecular flexibility index (Phi) is 6.53. The lowest BCUT2D eigenvalue weighted by Gasteiger charge is -2.59. The second-order valence-electron chi connectivity index (χ2n) is 12.9. The van der Waals surface area contributed by atoms with Gasteiger partial charge in [0.1, 0.15) is 0 Å². The molecule has 1 N–H and O–H groups in total. The van der Waals surface area contributed by atoms with E-state index in [4.69, 9.17) is 0 Å². The van der Waals surface area contributed by atoms with E-state index in [9.17, 15) is 5.11 Å². The topological polar surface area (TPSA) is 20.2 Å². The summed E-state index contributed by atoms with van der Waals surface area (Å²) in [4.78, 5) is 0. The Labute approximate surface area is 187 Å². The highest BCUT2D eigenvalue weighted by Crippen LogP contribution is 2.67. The highest BCUT2D eigenvalue weighted by atomic mass is 16.3. The Morgan fingerprint density at radius 2 is 1.73 bits per heavy atom. The van der Waals surface area contributed by atoms with Crippen molar-refractivity contribution in [2.24, 2.45) is 58.2 Å². The van der Waals surface area contributed by atoms with Gasteiger partial charge in [-0.15, -0.1) is 0 Å². The van der Waals surface area contributed by atoms with Crippen molar-refractivity contribution >= 4 is 0 Å². The summed E-state index contributed by atoms with van der Waals surface area (Å²) >= 11 is 0. The van der Waals surface area contributed by atoms with E-state index >= 15 is 0 Å². The molecule has 0 heterocycles. The molecule has 0 aromatic heterocycles. The monoisotopic (exact) mass is 414 g/mol. The van der Waals surface area contributed by atoms with E-state index in [2.05, 4.69) is 53.7 Å². The Bertz CT molecular complexity index is 622. The van der Waals surface area contributed by atoms with E-state index in [-0.39, 0.29) is 6.10 Å². The second-order valence-corrected chi connectivity index (χ2v) is 12.9. The minimum Gasteiger partial charge on any atom is -0.389 e. The molecule has 4 rings (SSSR count). The molecular formula is C29H50O. The van der Waals surface area contributed by atoms with E-state index in [1.165, 1.54) is 57.8 Å². The fourth-order valence-electron chi connectivity index (χ4n) is 9.45. The first-order valence-corrected chi connectivity index (χ1v) is 13.6. The Balaban J connectivity index is 1.47. The van der Waals surface area contributed by atoms with Crippen LogP contribution < -0.4 is 0 Å². The molecule has 0 aliphatic heterocycles. The maximum Gasteiger partial charge on any atom is 0.0724 e. The average Bonchev–Trinajstić information content (AvgIpc) is 3.06. The van der Waals surface area contributed by atoms with E-state index in [1.54, 1.807) is 0 Å². The lowest BCUT2D eigenvalue weighted by atomic mass is 9.45. The fourth-order valence-corrected chi connectivity index (χ4v) is 9.45. The van der Waals surface area contributed by atoms with Gasteiger partial charge in [0.05, 0.1) is 6.10 Å². The summed E-state index contributed by atoms with van der Waals surface area (Å²) in [5, 5.41) is 10.2. The van der Waals surface area contributed by atoms with E-state index in [0.717, 1.165) is 47.8 Å². The summed E-state index contributed by atoms with van der Waals surface area (Å²) in [5.41, 5.74) is 0.931. The van der Waals surface area contributed by atoms with Gasteiger partial charge in [0, 0.05) is 0 Å². The van der Waals surface area contributed by atoms with Gasteiger partial charge in [-0.1, -0.05) is 66.5 Å². The second kappa shape index (κ2) is 8.57. The third-order valence-corrected chi connectivity index (χ3v) is 11.4. The molecule has 0 bridgehead atoms. The smallest absolute Gasteiger partial charge is 0.0724 e. The van der Waals surface area contributed by atoms with Crippen LogP contribution in [0, 0.1) is 58.2 Å². The zero-order valence-electron chi connectivity index (χ0n) is 20.9. The standard InChI is InChI=1S/C29H50O/c1-7-21(19(2)3)9-8-20(4)25-12-13-26-24-11-10-22-18-23(30)14-16-28(22,5)27(24)15-17-29(25,26)6/h14,16,19-27,30H,7-13,15,17-18H2,1-6H3/t20-,21?,22+,23+,24+,25-,26+,27+,28+,29-/m1/s1. The average molecular weight is 415 g/mol. The van der Waals surface area contributed by atoms with Crippen molar-refractivity contribution < 1.29 is 5.11 Å². The largest absolute Gasteiger partial charge is 0.389 e. The maximum atomic E-state index is 10.2. The van der Waals surface area contributed by atoms with Crippen LogP contribution in [0.5, 0.6) is 0 Å². The Morgan fingerprint density at radius 3 is 2.43 bits per heavy atom. The highest BCUT2D eigenvalue weighted by molar-refractivity contribution is 5.17. The van der Waals surface area contributed by atoms with Crippen LogP contribution >= 0.6 is 0 Å². The summed E-state index contributed by atoms with van der Waals surface area (Å²) < 4.78 is 0. The molecule has 0 aromatic carbocycles. The first kappa shape index (κ1) is 22.9. The molecule has 172 valence electrons. The summed E-state index contributed by atoms with van der Waals surface area (Å²) in [5.74, 6) is 7.04. The predicted octanol–water partition coefficient (Wildman–Crippen LogP) is 7.88. The summed E-state index contributed by atoms with van der Waals surface area (Å²) in [6.07, 6.45) is 18.3. The Hall–Kier alpha value is -0.300. The summed E-state index contributed by atoms with van der Waals surface area (Å²) in [6.45, 7) is 15.1. The lowest BCUT2D eigenvalue weighted by molar-refractivity contribution is -0.0909. The number of allylic oxidation sites excluding steroid dienone is 1. The normalized spacial score (nSPS) is 47.5. The van der Waals surface area contributed by atoms with Gasteiger partial charge in [0.25, 0.3) is 0 Å². The van der Waals surface area contributed by atoms with Crippen molar-refractivity contribution in [3.8, 4) is 0 Å². The van der Waals surface area contributed by atoms with Crippen LogP contribution in [0.4, 0.5) is 0 Å². The van der Waals surface area contributed by atoms with Crippen LogP contribution in [0.1, 0.15) is 106 Å². The number of hydrogen-bond donors (Lipinski definition) is 1. The molecule has 3 saturated carbocycles. The molecule has 1 nitrogen and oxygen atoms in total. The first-order chi connectivity index (χ1) is 14.2. The summed E-state index contributed by atoms with van der Waals surface area (Å²) in [6, 6.07) is 0. The van der Waals surface area contributed by atoms with Crippen molar-refractivity contribution in [3.05, 3.63) is 12.2 Å². The van der Waals surface area contributed by atoms with Gasteiger partial charge in [-0.05, 0) is 110 Å². The van der Waals surface area contributed by atoms with Gasteiger partial charge >= 0.3 is 0 Å². The number of rotatable bonds is 6. The number of hydrogen-bond acceptors (Lipinski definition) is 1. The SMILES string of the molecule is CCC(CC[C@@H](C)[C@H]1CC[C@H]2[C@@H]3CC[C@H]4C[C@@H](O)C=C[C@]4(C)[C@H]3CC[C@]12C)C(C)C. The molecule has 0 spiro atoms. The van der Waals surface area contributed by atoms with Gasteiger partial charge in [0.15, 0.2) is 0 Å². The van der Waals surface area contributed by atoms with Crippen LogP contribution in [0.25, 0.3) is 0 Å². The number of aliphatic hydroxyl groups is 1. The minimum atomic E-state index is -0.192. The molecule has 0 saturated heterocycles. The first-order valence-electron chi connectivity index (χ1n) is 13.6. The third-order valence-electron chi connectivity index (χ3n) is 11.4. The molecule has 4 aliphatic carbocycles. The molecule has 1 heteroatoms. The molecule has 0 amide bonds. The molecule has 0 aromatic rings. The van der Waals surface area contributed by atoms with Crippen molar-refractivity contribution in [1.29, 1.82) is 0 Å². The highest BCUT2D eigenvalue weighted by Gasteiger charge is 2.59. The molecule has 30 heavy (non-hydrogen) atoms. The minimum absolute atomic E-state index is 0.192. The predicted molar refractivity (Wildman–Crippen MR) is 128 cm³/mol. The van der Waals surface area contributed by atoms with Gasteiger partial charge in [-0.25, -0.2) is 0 Å².